The Labute approximate surface area is 290 Å². The number of likely N-dealkylation sites (tertiary alicyclic amines) is 1. The summed E-state index contributed by atoms with van der Waals surface area (Å²) in [6.45, 7) is 5.87. The number of nitrogens with zero attached hydrogens (tertiary/aromatic N) is 2. The molecule has 0 unspecified atom stereocenters. The summed E-state index contributed by atoms with van der Waals surface area (Å²) in [7, 11) is 1.28. The zero-order valence-electron chi connectivity index (χ0n) is 28.6. The summed E-state index contributed by atoms with van der Waals surface area (Å²) >= 11 is 0. The largest absolute Gasteiger partial charge is 0.467 e. The number of carbonyl (C=O) groups excluding carboxylic acids is 3. The van der Waals surface area contributed by atoms with E-state index in [9.17, 15) is 27.6 Å². The van der Waals surface area contributed by atoms with Crippen LogP contribution in [-0.2, 0) is 26.9 Å². The van der Waals surface area contributed by atoms with E-state index in [0.717, 1.165) is 28.8 Å². The second-order valence-corrected chi connectivity index (χ2v) is 13.4. The predicted octanol–water partition coefficient (Wildman–Crippen LogP) is 8.67. The Bertz CT molecular complexity index is 1770. The Morgan fingerprint density at radius 3 is 1.88 bits per heavy atom. The highest BCUT2D eigenvalue weighted by molar-refractivity contribution is 5.97. The first-order valence-electron chi connectivity index (χ1n) is 16.5. The number of halogens is 3. The highest BCUT2D eigenvalue weighted by Crippen LogP contribution is 2.32. The van der Waals surface area contributed by atoms with Gasteiger partial charge in [-0.3, -0.25) is 4.79 Å². The van der Waals surface area contributed by atoms with Gasteiger partial charge < -0.3 is 19.3 Å². The monoisotopic (exact) mass is 686 g/mol. The summed E-state index contributed by atoms with van der Waals surface area (Å²) in [5.41, 5.74) is 2.85. The van der Waals surface area contributed by atoms with Crippen LogP contribution in [0.1, 0.15) is 55.1 Å². The number of amides is 2. The van der Waals surface area contributed by atoms with E-state index in [4.69, 9.17) is 9.47 Å². The molecule has 0 radical (unpaired) electrons. The van der Waals surface area contributed by atoms with Crippen LogP contribution >= 0.6 is 0 Å². The molecule has 10 heteroatoms. The molecule has 1 fully saturated rings. The Hall–Kier alpha value is -5.12. The first kappa shape index (κ1) is 36.2. The lowest BCUT2D eigenvalue weighted by Crippen LogP contribution is -2.53. The first-order valence-corrected chi connectivity index (χ1v) is 16.5. The van der Waals surface area contributed by atoms with Crippen molar-refractivity contribution < 1.29 is 37.0 Å². The van der Waals surface area contributed by atoms with Crippen LogP contribution < -0.4 is 0 Å². The highest BCUT2D eigenvalue weighted by Gasteiger charge is 2.39. The van der Waals surface area contributed by atoms with Crippen molar-refractivity contribution >= 4 is 18.0 Å². The lowest BCUT2D eigenvalue weighted by Gasteiger charge is -2.35. The fourth-order valence-corrected chi connectivity index (χ4v) is 6.13. The quantitative estimate of drug-likeness (QED) is 0.165. The molecule has 1 heterocycles. The zero-order chi connectivity index (χ0) is 36.1. The molecule has 2 atom stereocenters. The molecule has 0 N–H and O–H groups in total. The van der Waals surface area contributed by atoms with E-state index in [1.54, 1.807) is 49.9 Å². The van der Waals surface area contributed by atoms with E-state index in [1.807, 2.05) is 54.6 Å². The van der Waals surface area contributed by atoms with Gasteiger partial charge in [0.25, 0.3) is 5.91 Å². The van der Waals surface area contributed by atoms with Gasteiger partial charge in [-0.05, 0) is 85.7 Å². The molecule has 50 heavy (non-hydrogen) atoms. The van der Waals surface area contributed by atoms with Crippen LogP contribution in [0.5, 0.6) is 0 Å². The fourth-order valence-electron chi connectivity index (χ4n) is 6.13. The predicted molar refractivity (Wildman–Crippen MR) is 185 cm³/mol. The maximum atomic E-state index is 14.4. The van der Waals surface area contributed by atoms with E-state index in [2.05, 4.69) is 0 Å². The van der Waals surface area contributed by atoms with Crippen molar-refractivity contribution in [1.29, 1.82) is 0 Å². The zero-order valence-corrected chi connectivity index (χ0v) is 28.6. The van der Waals surface area contributed by atoms with Crippen molar-refractivity contribution in [2.75, 3.05) is 20.2 Å². The SMILES string of the molecule is COC(=O)[C@H](Cc1ccc(-c2ccccc2)cc1)N(C[C@H]1CCCN1C(=O)OC(C)(C)C)C(=O)c1ccc(-c2ccc(C(F)(F)F)cc2)cc1. The Morgan fingerprint density at radius 1 is 0.800 bits per heavy atom. The smallest absolute Gasteiger partial charge is 0.416 e. The van der Waals surface area contributed by atoms with Crippen LogP contribution in [0.25, 0.3) is 22.3 Å². The van der Waals surface area contributed by atoms with Crippen LogP contribution in [0.2, 0.25) is 0 Å². The Morgan fingerprint density at radius 2 is 1.34 bits per heavy atom. The van der Waals surface area contributed by atoms with Gasteiger partial charge in [0.15, 0.2) is 0 Å². The molecule has 0 saturated carbocycles. The molecule has 2 amide bonds. The lowest BCUT2D eigenvalue weighted by molar-refractivity contribution is -0.146. The maximum Gasteiger partial charge on any atom is 0.416 e. The van der Waals surface area contributed by atoms with E-state index >= 15 is 0 Å². The topological polar surface area (TPSA) is 76.2 Å². The van der Waals surface area contributed by atoms with Crippen LogP contribution in [-0.4, -0.2) is 65.7 Å². The van der Waals surface area contributed by atoms with Gasteiger partial charge in [0.1, 0.15) is 11.6 Å². The minimum absolute atomic E-state index is 0.0561. The summed E-state index contributed by atoms with van der Waals surface area (Å²) < 4.78 is 50.2. The van der Waals surface area contributed by atoms with Gasteiger partial charge in [-0.2, -0.15) is 13.2 Å². The summed E-state index contributed by atoms with van der Waals surface area (Å²) in [5, 5.41) is 0. The Kier molecular flexibility index (Phi) is 11.0. The van der Waals surface area contributed by atoms with Crippen LogP contribution in [0.4, 0.5) is 18.0 Å². The number of carbonyl (C=O) groups is 3. The number of rotatable bonds is 9. The molecule has 0 aliphatic carbocycles. The Balaban J connectivity index is 1.46. The van der Waals surface area contributed by atoms with Crippen molar-refractivity contribution in [1.82, 2.24) is 9.80 Å². The third kappa shape index (κ3) is 8.91. The summed E-state index contributed by atoms with van der Waals surface area (Å²) in [4.78, 5) is 44.2. The minimum Gasteiger partial charge on any atom is -0.467 e. The number of hydrogen-bond acceptors (Lipinski definition) is 5. The molecular formula is C40H41F3N2O5. The standard InChI is InChI=1S/C40H41F3N2O5/c1-39(2,3)50-38(48)44-24-8-11-34(44)26-45(35(37(47)49-4)25-27-12-14-29(15-13-27)28-9-6-5-7-10-28)36(46)32-18-16-30(17-19-32)31-20-22-33(23-21-31)40(41,42)43/h5-7,9-10,12-23,34-35H,8,11,24-26H2,1-4H3/t34-,35+/m1/s1. The van der Waals surface area contributed by atoms with E-state index in [0.29, 0.717) is 30.5 Å². The highest BCUT2D eigenvalue weighted by atomic mass is 19.4. The molecular weight excluding hydrogens is 645 g/mol. The minimum atomic E-state index is -4.45. The van der Waals surface area contributed by atoms with Crippen LogP contribution in [0, 0.1) is 0 Å². The third-order valence-electron chi connectivity index (χ3n) is 8.69. The lowest BCUT2D eigenvalue weighted by atomic mass is 9.98. The molecule has 1 aliphatic rings. The number of alkyl halides is 3. The maximum absolute atomic E-state index is 14.4. The van der Waals surface area contributed by atoms with Crippen molar-refractivity contribution in [3.8, 4) is 22.3 Å². The second kappa shape index (κ2) is 15.2. The molecule has 1 saturated heterocycles. The van der Waals surface area contributed by atoms with Gasteiger partial charge >= 0.3 is 18.2 Å². The molecule has 262 valence electrons. The van der Waals surface area contributed by atoms with Gasteiger partial charge in [0, 0.05) is 25.1 Å². The molecule has 4 aromatic rings. The van der Waals surface area contributed by atoms with Gasteiger partial charge in [0.05, 0.1) is 18.7 Å². The average molecular weight is 687 g/mol. The molecule has 4 aromatic carbocycles. The normalized spacial score (nSPS) is 15.3. The van der Waals surface area contributed by atoms with Crippen molar-refractivity contribution in [2.24, 2.45) is 0 Å². The van der Waals surface area contributed by atoms with Crippen LogP contribution in [0.15, 0.2) is 103 Å². The molecule has 0 aromatic heterocycles. The van der Waals surface area contributed by atoms with Crippen LogP contribution in [0.3, 0.4) is 0 Å². The summed E-state index contributed by atoms with van der Waals surface area (Å²) in [6.07, 6.45) is -3.46. The number of methoxy groups -OCH3 is 1. The molecule has 7 nitrogen and oxygen atoms in total. The molecule has 0 spiro atoms. The van der Waals surface area contributed by atoms with Gasteiger partial charge in [0.2, 0.25) is 0 Å². The average Bonchev–Trinajstić information content (AvgIpc) is 3.57. The van der Waals surface area contributed by atoms with Gasteiger partial charge in [-0.1, -0.05) is 78.9 Å². The first-order chi connectivity index (χ1) is 23.7. The number of ether oxygens (including phenoxy) is 2. The van der Waals surface area contributed by atoms with Crippen molar-refractivity contribution in [2.45, 2.75) is 63.9 Å². The van der Waals surface area contributed by atoms with E-state index in [-0.39, 0.29) is 18.5 Å². The second-order valence-electron chi connectivity index (χ2n) is 13.4. The molecule has 1 aliphatic heterocycles. The van der Waals surface area contributed by atoms with E-state index < -0.39 is 47.4 Å². The van der Waals surface area contributed by atoms with Gasteiger partial charge in [-0.25, -0.2) is 9.59 Å². The molecule has 0 bridgehead atoms. The van der Waals surface area contributed by atoms with Gasteiger partial charge in [-0.15, -0.1) is 0 Å². The third-order valence-corrected chi connectivity index (χ3v) is 8.69. The van der Waals surface area contributed by atoms with Crippen molar-refractivity contribution in [3.63, 3.8) is 0 Å². The molecule has 5 rings (SSSR count). The number of esters is 1. The number of hydrogen-bond donors (Lipinski definition) is 0. The summed E-state index contributed by atoms with van der Waals surface area (Å²) in [5.74, 6) is -1.05. The fraction of sp³-hybridized carbons (Fsp3) is 0.325. The van der Waals surface area contributed by atoms with Crippen molar-refractivity contribution in [3.05, 3.63) is 120 Å². The van der Waals surface area contributed by atoms with E-state index in [1.165, 1.54) is 24.1 Å². The summed E-state index contributed by atoms with van der Waals surface area (Å²) in [6, 6.07) is 27.5. The number of benzene rings is 4.